The lowest BCUT2D eigenvalue weighted by molar-refractivity contribution is 0.103. The third kappa shape index (κ3) is 2.75. The molecule has 0 aliphatic heterocycles. The molecule has 0 unspecified atom stereocenters. The average Bonchev–Trinajstić information content (AvgIpc) is 2.39. The van der Waals surface area contributed by atoms with E-state index in [1.54, 1.807) is 0 Å². The molecule has 0 radical (unpaired) electrons. The first-order valence-electron chi connectivity index (χ1n) is 5.60. The van der Waals surface area contributed by atoms with E-state index in [4.69, 9.17) is 0 Å². The highest BCUT2D eigenvalue weighted by Gasteiger charge is 2.11. The molecule has 2 aromatic carbocycles. The van der Waals surface area contributed by atoms with Crippen molar-refractivity contribution in [1.82, 2.24) is 0 Å². The molecule has 0 N–H and O–H groups in total. The molecule has 0 spiro atoms. The Kier molecular flexibility index (Phi) is 3.94. The van der Waals surface area contributed by atoms with E-state index < -0.39 is 0 Å². The summed E-state index contributed by atoms with van der Waals surface area (Å²) in [6, 6.07) is 15.5. The summed E-state index contributed by atoms with van der Waals surface area (Å²) in [7, 11) is 0. The van der Waals surface area contributed by atoms with Crippen LogP contribution in [0.2, 0.25) is 0 Å². The highest BCUT2D eigenvalue weighted by molar-refractivity contribution is 14.1. The Hall–Kier alpha value is -1.16. The van der Waals surface area contributed by atoms with Crippen molar-refractivity contribution in [2.75, 3.05) is 0 Å². The number of aryl methyl sites for hydroxylation is 1. The van der Waals surface area contributed by atoms with Crippen molar-refractivity contribution >= 4 is 28.4 Å². The van der Waals surface area contributed by atoms with Crippen LogP contribution in [0.4, 0.5) is 0 Å². The van der Waals surface area contributed by atoms with Crippen molar-refractivity contribution in [3.63, 3.8) is 0 Å². The number of hydrogen-bond acceptors (Lipinski definition) is 1. The van der Waals surface area contributed by atoms with Crippen LogP contribution in [0.25, 0.3) is 0 Å². The fraction of sp³-hybridized carbons (Fsp3) is 0.133. The minimum absolute atomic E-state index is 0.0950. The number of carbonyl (C=O) groups is 1. The smallest absolute Gasteiger partial charge is 0.194 e. The Balaban J connectivity index is 2.34. The summed E-state index contributed by atoms with van der Waals surface area (Å²) in [4.78, 5) is 12.3. The maximum atomic E-state index is 12.3. The molecule has 0 heterocycles. The molecule has 0 fully saturated rings. The molecule has 17 heavy (non-hydrogen) atoms. The summed E-state index contributed by atoms with van der Waals surface area (Å²) in [5.41, 5.74) is 2.79. The Morgan fingerprint density at radius 3 is 2.29 bits per heavy atom. The van der Waals surface area contributed by atoms with Gasteiger partial charge in [0.05, 0.1) is 0 Å². The fourth-order valence-corrected chi connectivity index (χ4v) is 2.33. The summed E-state index contributed by atoms with van der Waals surface area (Å²) in [6.45, 7) is 2.11. The van der Waals surface area contributed by atoms with E-state index in [-0.39, 0.29) is 5.78 Å². The van der Waals surface area contributed by atoms with Crippen LogP contribution < -0.4 is 0 Å². The van der Waals surface area contributed by atoms with Crippen LogP contribution in [0.3, 0.4) is 0 Å². The average molecular weight is 336 g/mol. The summed E-state index contributed by atoms with van der Waals surface area (Å²) >= 11 is 2.20. The predicted octanol–water partition coefficient (Wildman–Crippen LogP) is 4.08. The summed E-state index contributed by atoms with van der Waals surface area (Å²) in [6.07, 6.45) is 0.997. The molecule has 0 saturated heterocycles. The monoisotopic (exact) mass is 336 g/mol. The second-order valence-electron chi connectivity index (χ2n) is 3.86. The van der Waals surface area contributed by atoms with E-state index in [0.29, 0.717) is 0 Å². The molecular weight excluding hydrogens is 323 g/mol. The van der Waals surface area contributed by atoms with E-state index >= 15 is 0 Å². The number of rotatable bonds is 3. The first-order valence-corrected chi connectivity index (χ1v) is 6.68. The lowest BCUT2D eigenvalue weighted by Crippen LogP contribution is -2.03. The number of carbonyl (C=O) groups excluding carboxylic acids is 1. The second-order valence-corrected chi connectivity index (χ2v) is 5.02. The van der Waals surface area contributed by atoms with Gasteiger partial charge in [0.25, 0.3) is 0 Å². The largest absolute Gasteiger partial charge is 0.289 e. The first kappa shape index (κ1) is 12.3. The van der Waals surface area contributed by atoms with Gasteiger partial charge in [-0.1, -0.05) is 43.3 Å². The Bertz CT molecular complexity index is 529. The molecule has 0 bridgehead atoms. The van der Waals surface area contributed by atoms with Gasteiger partial charge >= 0.3 is 0 Å². The molecule has 0 aliphatic rings. The van der Waals surface area contributed by atoms with Gasteiger partial charge in [0, 0.05) is 14.7 Å². The quantitative estimate of drug-likeness (QED) is 0.610. The Labute approximate surface area is 115 Å². The SMILES string of the molecule is CCc1ccc(C(=O)c2ccccc2I)cc1. The van der Waals surface area contributed by atoms with Gasteiger partial charge in [-0.25, -0.2) is 0 Å². The van der Waals surface area contributed by atoms with Crippen LogP contribution in [0.15, 0.2) is 48.5 Å². The van der Waals surface area contributed by atoms with E-state index in [9.17, 15) is 4.79 Å². The molecule has 1 nitrogen and oxygen atoms in total. The zero-order valence-electron chi connectivity index (χ0n) is 9.61. The van der Waals surface area contributed by atoms with Crippen LogP contribution >= 0.6 is 22.6 Å². The molecular formula is C15H13IO. The molecule has 0 aliphatic carbocycles. The molecule has 0 amide bonds. The first-order chi connectivity index (χ1) is 8.22. The van der Waals surface area contributed by atoms with Gasteiger partial charge < -0.3 is 0 Å². The lowest BCUT2D eigenvalue weighted by atomic mass is 10.0. The number of benzene rings is 2. The molecule has 2 aromatic rings. The number of halogens is 1. The van der Waals surface area contributed by atoms with E-state index in [1.165, 1.54) is 5.56 Å². The summed E-state index contributed by atoms with van der Waals surface area (Å²) in [5.74, 6) is 0.0950. The zero-order chi connectivity index (χ0) is 12.3. The molecule has 86 valence electrons. The standard InChI is InChI=1S/C15H13IO/c1-2-11-7-9-12(10-8-11)15(17)13-5-3-4-6-14(13)16/h3-10H,2H2,1H3. The van der Waals surface area contributed by atoms with Crippen LogP contribution in [0.1, 0.15) is 28.4 Å². The van der Waals surface area contributed by atoms with Crippen molar-refractivity contribution in [1.29, 1.82) is 0 Å². The maximum absolute atomic E-state index is 12.3. The molecule has 0 atom stereocenters. The van der Waals surface area contributed by atoms with Crippen molar-refractivity contribution in [2.24, 2.45) is 0 Å². The van der Waals surface area contributed by atoms with Gasteiger partial charge in [-0.15, -0.1) is 0 Å². The predicted molar refractivity (Wildman–Crippen MR) is 78.4 cm³/mol. The third-order valence-electron chi connectivity index (χ3n) is 2.74. The molecule has 0 saturated carbocycles. The third-order valence-corrected chi connectivity index (χ3v) is 3.68. The van der Waals surface area contributed by atoms with Gasteiger partial charge in [0.2, 0.25) is 0 Å². The van der Waals surface area contributed by atoms with E-state index in [1.807, 2.05) is 48.5 Å². The van der Waals surface area contributed by atoms with E-state index in [2.05, 4.69) is 29.5 Å². The van der Waals surface area contributed by atoms with Crippen LogP contribution in [-0.2, 0) is 6.42 Å². The topological polar surface area (TPSA) is 17.1 Å². The highest BCUT2D eigenvalue weighted by Crippen LogP contribution is 2.17. The van der Waals surface area contributed by atoms with Gasteiger partial charge in [0.1, 0.15) is 0 Å². The van der Waals surface area contributed by atoms with Crippen LogP contribution in [-0.4, -0.2) is 5.78 Å². The van der Waals surface area contributed by atoms with Crippen molar-refractivity contribution < 1.29 is 4.79 Å². The second kappa shape index (κ2) is 5.45. The molecule has 2 heteroatoms. The number of ketones is 1. The van der Waals surface area contributed by atoms with Crippen LogP contribution in [0.5, 0.6) is 0 Å². The fourth-order valence-electron chi connectivity index (χ4n) is 1.69. The lowest BCUT2D eigenvalue weighted by Gasteiger charge is -2.04. The van der Waals surface area contributed by atoms with Crippen molar-refractivity contribution in [3.05, 3.63) is 68.8 Å². The molecule has 0 aromatic heterocycles. The van der Waals surface area contributed by atoms with Crippen molar-refractivity contribution in [3.8, 4) is 0 Å². The van der Waals surface area contributed by atoms with Crippen molar-refractivity contribution in [2.45, 2.75) is 13.3 Å². The van der Waals surface area contributed by atoms with Gasteiger partial charge in [-0.05, 0) is 46.7 Å². The van der Waals surface area contributed by atoms with Crippen LogP contribution in [0, 0.1) is 3.57 Å². The van der Waals surface area contributed by atoms with Gasteiger partial charge in [-0.2, -0.15) is 0 Å². The minimum Gasteiger partial charge on any atom is -0.289 e. The van der Waals surface area contributed by atoms with Gasteiger partial charge in [-0.3, -0.25) is 4.79 Å². The normalized spacial score (nSPS) is 10.2. The Morgan fingerprint density at radius 1 is 1.06 bits per heavy atom. The zero-order valence-corrected chi connectivity index (χ0v) is 11.8. The highest BCUT2D eigenvalue weighted by atomic mass is 127. The molecule has 2 rings (SSSR count). The summed E-state index contributed by atoms with van der Waals surface area (Å²) in [5, 5.41) is 0. The summed E-state index contributed by atoms with van der Waals surface area (Å²) < 4.78 is 0.995. The van der Waals surface area contributed by atoms with E-state index in [0.717, 1.165) is 21.1 Å². The Morgan fingerprint density at radius 2 is 1.71 bits per heavy atom. The number of hydrogen-bond donors (Lipinski definition) is 0. The minimum atomic E-state index is 0.0950. The maximum Gasteiger partial charge on any atom is 0.194 e. The van der Waals surface area contributed by atoms with Gasteiger partial charge in [0.15, 0.2) is 5.78 Å².